The average Bonchev–Trinajstić information content (AvgIpc) is 3.04. The topological polar surface area (TPSA) is 94.6 Å². The zero-order chi connectivity index (χ0) is 33.8. The van der Waals surface area contributed by atoms with Crippen LogP contribution < -0.4 is 25.6 Å². The molecule has 1 saturated heterocycles. The molecule has 3 aromatic rings. The molecule has 1 aromatic heterocycles. The van der Waals surface area contributed by atoms with Crippen LogP contribution in [0.1, 0.15) is 60.5 Å². The lowest BCUT2D eigenvalue weighted by Gasteiger charge is -2.62. The van der Waals surface area contributed by atoms with Crippen molar-refractivity contribution in [1.29, 1.82) is 0 Å². The molecule has 4 aliphatic carbocycles. The highest BCUT2D eigenvalue weighted by atomic mass is 19.4. The van der Waals surface area contributed by atoms with Gasteiger partial charge in [-0.2, -0.15) is 18.2 Å². The lowest BCUT2D eigenvalue weighted by atomic mass is 9.48. The SMILES string of the molecule is CNC(=O)c1cccc(C)c1Nc1nc(Nc2ccc(N3CCN([C@H]4C5CC6CC4C[C@](C)(C6)C5)CC3)cc2OC)ncc1C(F)(F)F. The van der Waals surface area contributed by atoms with Gasteiger partial charge in [-0.25, -0.2) is 4.98 Å². The number of nitrogens with zero attached hydrogens (tertiary/aromatic N) is 4. The smallest absolute Gasteiger partial charge is 0.421 e. The molecule has 9 nitrogen and oxygen atoms in total. The van der Waals surface area contributed by atoms with Crippen LogP contribution in [-0.4, -0.2) is 67.2 Å². The van der Waals surface area contributed by atoms with Gasteiger partial charge in [0.05, 0.1) is 24.0 Å². The van der Waals surface area contributed by atoms with Crippen molar-refractivity contribution < 1.29 is 22.7 Å². The van der Waals surface area contributed by atoms with Gasteiger partial charge in [0.1, 0.15) is 17.1 Å². The Bertz CT molecular complexity index is 1670. The second-order valence-corrected chi connectivity index (χ2v) is 14.5. The summed E-state index contributed by atoms with van der Waals surface area (Å²) in [5.41, 5.74) is 2.09. The molecular weight excluding hydrogens is 619 g/mol. The molecule has 48 heavy (non-hydrogen) atoms. The second-order valence-electron chi connectivity index (χ2n) is 14.5. The maximum atomic E-state index is 14.0. The van der Waals surface area contributed by atoms with Crippen LogP contribution in [0.15, 0.2) is 42.6 Å². The molecule has 8 rings (SSSR count). The quantitative estimate of drug-likeness (QED) is 0.237. The van der Waals surface area contributed by atoms with Crippen LogP contribution in [0.4, 0.5) is 42.0 Å². The minimum absolute atomic E-state index is 0.0511. The molecule has 2 unspecified atom stereocenters. The van der Waals surface area contributed by atoms with Crippen LogP contribution >= 0.6 is 0 Å². The van der Waals surface area contributed by atoms with Gasteiger partial charge in [0.15, 0.2) is 0 Å². The number of alkyl halides is 3. The van der Waals surface area contributed by atoms with Gasteiger partial charge in [-0.05, 0) is 86.0 Å². The molecule has 2 aromatic carbocycles. The third-order valence-corrected chi connectivity index (χ3v) is 11.1. The Morgan fingerprint density at radius 1 is 1.02 bits per heavy atom. The first-order valence-electron chi connectivity index (χ1n) is 16.9. The highest BCUT2D eigenvalue weighted by Crippen LogP contribution is 2.61. The summed E-state index contributed by atoms with van der Waals surface area (Å²) in [6.07, 6.45) is 3.04. The molecule has 4 saturated carbocycles. The van der Waals surface area contributed by atoms with Crippen LogP contribution in [0, 0.1) is 30.1 Å². The molecule has 2 atom stereocenters. The zero-order valence-electron chi connectivity index (χ0n) is 28.0. The van der Waals surface area contributed by atoms with Gasteiger partial charge in [0, 0.05) is 57.2 Å². The molecule has 1 amide bonds. The maximum absolute atomic E-state index is 14.0. The summed E-state index contributed by atoms with van der Waals surface area (Å²) >= 11 is 0. The summed E-state index contributed by atoms with van der Waals surface area (Å²) in [6, 6.07) is 11.4. The average molecular weight is 664 g/mol. The highest BCUT2D eigenvalue weighted by molar-refractivity contribution is 6.00. The van der Waals surface area contributed by atoms with Gasteiger partial charge in [0.2, 0.25) is 5.95 Å². The standard InChI is InChI=1S/C36H44F3N7O2/c1-21-6-5-7-26(33(47)40-3)30(21)43-32-27(36(37,38)39)20-41-34(44-32)42-28-9-8-25(16-29(28)48-4)45-10-12-46(13-11-45)31-23-14-22-15-24(31)19-35(2,17-22)18-23/h5-9,16,20,22-24,31H,10-15,17-19H2,1-4H3,(H,40,47)(H2,41,42,43,44)/t22?,23?,24?,31-,35+. The van der Waals surface area contributed by atoms with E-state index in [9.17, 15) is 18.0 Å². The predicted molar refractivity (Wildman–Crippen MR) is 180 cm³/mol. The number of carbonyl (C=O) groups excluding carboxylic acids is 1. The summed E-state index contributed by atoms with van der Waals surface area (Å²) in [4.78, 5) is 25.8. The number of hydrogen-bond donors (Lipinski definition) is 3. The first-order valence-corrected chi connectivity index (χ1v) is 16.9. The number of nitrogens with one attached hydrogen (secondary N) is 3. The number of aromatic nitrogens is 2. The van der Waals surface area contributed by atoms with E-state index in [-0.39, 0.29) is 17.2 Å². The second kappa shape index (κ2) is 12.4. The molecule has 3 N–H and O–H groups in total. The Labute approximate surface area is 279 Å². The summed E-state index contributed by atoms with van der Waals surface area (Å²) in [5.74, 6) is 2.20. The first-order chi connectivity index (χ1) is 22.9. The van der Waals surface area contributed by atoms with Gasteiger partial charge >= 0.3 is 6.18 Å². The fourth-order valence-corrected chi connectivity index (χ4v) is 9.40. The zero-order valence-corrected chi connectivity index (χ0v) is 28.0. The first kappa shape index (κ1) is 32.5. The number of ether oxygens (including phenoxy) is 1. The van der Waals surface area contributed by atoms with E-state index in [4.69, 9.17) is 4.74 Å². The van der Waals surface area contributed by atoms with E-state index < -0.39 is 23.5 Å². The van der Waals surface area contributed by atoms with Crippen molar-refractivity contribution in [3.05, 3.63) is 59.3 Å². The summed E-state index contributed by atoms with van der Waals surface area (Å²) in [5, 5.41) is 8.34. The van der Waals surface area contributed by atoms with Crippen LogP contribution in [0.3, 0.4) is 0 Å². The molecule has 4 bridgehead atoms. The highest BCUT2D eigenvalue weighted by Gasteiger charge is 2.54. The van der Waals surface area contributed by atoms with E-state index >= 15 is 0 Å². The van der Waals surface area contributed by atoms with Crippen molar-refractivity contribution in [3.63, 3.8) is 0 Å². The molecule has 2 heterocycles. The van der Waals surface area contributed by atoms with E-state index in [0.29, 0.717) is 22.4 Å². The normalized spacial score (nSPS) is 26.8. The number of piperazine rings is 1. The molecule has 12 heteroatoms. The fourth-order valence-electron chi connectivity index (χ4n) is 9.40. The molecule has 0 radical (unpaired) electrons. The van der Waals surface area contributed by atoms with E-state index in [1.54, 1.807) is 26.2 Å². The molecule has 256 valence electrons. The number of anilines is 5. The van der Waals surface area contributed by atoms with Crippen molar-refractivity contribution in [2.24, 2.45) is 23.2 Å². The van der Waals surface area contributed by atoms with Crippen molar-refractivity contribution in [1.82, 2.24) is 20.2 Å². The molecular formula is C36H44F3N7O2. The van der Waals surface area contributed by atoms with Gasteiger partial charge in [0.25, 0.3) is 5.91 Å². The lowest BCUT2D eigenvalue weighted by Crippen LogP contribution is -2.62. The Morgan fingerprint density at radius 3 is 2.40 bits per heavy atom. The fraction of sp³-hybridized carbons (Fsp3) is 0.528. The number of benzene rings is 2. The number of aryl methyl sites for hydroxylation is 1. The largest absolute Gasteiger partial charge is 0.494 e. The van der Waals surface area contributed by atoms with E-state index in [1.165, 1.54) is 45.2 Å². The van der Waals surface area contributed by atoms with Gasteiger partial charge in [-0.15, -0.1) is 0 Å². The number of halogens is 3. The number of carbonyl (C=O) groups is 1. The number of amides is 1. The minimum atomic E-state index is -4.73. The van der Waals surface area contributed by atoms with Gasteiger partial charge in [-0.1, -0.05) is 19.1 Å². The van der Waals surface area contributed by atoms with Crippen molar-refractivity contribution in [2.75, 3.05) is 55.9 Å². The van der Waals surface area contributed by atoms with Crippen LogP contribution in [0.25, 0.3) is 0 Å². The third kappa shape index (κ3) is 6.15. The van der Waals surface area contributed by atoms with Gasteiger partial charge in [-0.3, -0.25) is 9.69 Å². The molecule has 5 fully saturated rings. The maximum Gasteiger partial charge on any atom is 0.421 e. The summed E-state index contributed by atoms with van der Waals surface area (Å²) < 4.78 is 47.9. The Kier molecular flexibility index (Phi) is 8.41. The van der Waals surface area contributed by atoms with Crippen molar-refractivity contribution in [3.8, 4) is 5.75 Å². The van der Waals surface area contributed by atoms with Crippen LogP contribution in [0.5, 0.6) is 5.75 Å². The summed E-state index contributed by atoms with van der Waals surface area (Å²) in [6.45, 7) is 8.17. The van der Waals surface area contributed by atoms with Gasteiger partial charge < -0.3 is 25.6 Å². The predicted octanol–water partition coefficient (Wildman–Crippen LogP) is 7.00. The molecule has 0 spiro atoms. The number of methoxy groups -OCH3 is 1. The number of para-hydroxylation sites is 1. The number of rotatable bonds is 8. The summed E-state index contributed by atoms with van der Waals surface area (Å²) in [7, 11) is 3.03. The van der Waals surface area contributed by atoms with Crippen molar-refractivity contribution >= 4 is 34.7 Å². The monoisotopic (exact) mass is 663 g/mol. The lowest BCUT2D eigenvalue weighted by molar-refractivity contribution is -0.137. The molecule has 1 aliphatic heterocycles. The van der Waals surface area contributed by atoms with E-state index in [0.717, 1.165) is 61.9 Å². The third-order valence-electron chi connectivity index (χ3n) is 11.1. The van der Waals surface area contributed by atoms with Crippen LogP contribution in [0.2, 0.25) is 0 Å². The van der Waals surface area contributed by atoms with E-state index in [2.05, 4.69) is 42.6 Å². The van der Waals surface area contributed by atoms with Crippen molar-refractivity contribution in [2.45, 2.75) is 58.2 Å². The van der Waals surface area contributed by atoms with Crippen LogP contribution in [-0.2, 0) is 6.18 Å². The number of hydrogen-bond acceptors (Lipinski definition) is 8. The molecule has 5 aliphatic rings. The Hall–Kier alpha value is -4.06. The Morgan fingerprint density at radius 2 is 1.75 bits per heavy atom. The minimum Gasteiger partial charge on any atom is -0.494 e. The van der Waals surface area contributed by atoms with E-state index in [1.807, 2.05) is 18.2 Å². The Balaban J connectivity index is 1.07.